The van der Waals surface area contributed by atoms with Crippen LogP contribution in [0.2, 0.25) is 0 Å². The summed E-state index contributed by atoms with van der Waals surface area (Å²) in [5, 5.41) is 1.19. The highest BCUT2D eigenvalue weighted by Gasteiger charge is 2.24. The van der Waals surface area contributed by atoms with Gasteiger partial charge in [0.05, 0.1) is 4.90 Å². The molecule has 9 heteroatoms. The lowest BCUT2D eigenvalue weighted by Gasteiger charge is -2.14. The molecule has 0 fully saturated rings. The third-order valence-electron chi connectivity index (χ3n) is 7.22. The predicted octanol–water partition coefficient (Wildman–Crippen LogP) is 6.62. The molecule has 0 bridgehead atoms. The fourth-order valence-corrected chi connectivity index (χ4v) is 6.51. The molecule has 6 rings (SSSR count). The number of hydrogen-bond donors (Lipinski definition) is 0. The standard InChI is InChI=1S/C33H28FN5O2S/c1-4-14-38(3)20-23-15-29-30(21-39(33(29)37-18-23)42(40,41)26-9-7-22(2)8-10-26)25-16-28-27(24-6-5-12-35-19-24)11-13-36-32(28)31(34)17-25/h4-13,15-19,21H,1,14,20H2,2-3H3. The van der Waals surface area contributed by atoms with Gasteiger partial charge in [-0.1, -0.05) is 29.8 Å². The van der Waals surface area contributed by atoms with Crippen molar-refractivity contribution >= 4 is 32.0 Å². The molecule has 0 spiro atoms. The predicted molar refractivity (Wildman–Crippen MR) is 164 cm³/mol. The number of hydrogen-bond acceptors (Lipinski definition) is 6. The first kappa shape index (κ1) is 27.4. The summed E-state index contributed by atoms with van der Waals surface area (Å²) in [7, 11) is -2.04. The van der Waals surface area contributed by atoms with E-state index < -0.39 is 15.8 Å². The Balaban J connectivity index is 1.60. The topological polar surface area (TPSA) is 81.0 Å². The second-order valence-electron chi connectivity index (χ2n) is 10.3. The molecule has 0 atom stereocenters. The van der Waals surface area contributed by atoms with Crippen LogP contribution in [0, 0.1) is 12.7 Å². The van der Waals surface area contributed by atoms with Gasteiger partial charge in [0.25, 0.3) is 10.0 Å². The Labute approximate surface area is 243 Å². The van der Waals surface area contributed by atoms with Gasteiger partial charge in [-0.3, -0.25) is 14.9 Å². The summed E-state index contributed by atoms with van der Waals surface area (Å²) in [6.45, 7) is 6.95. The van der Waals surface area contributed by atoms with Crippen LogP contribution < -0.4 is 0 Å². The van der Waals surface area contributed by atoms with Gasteiger partial charge < -0.3 is 0 Å². The minimum absolute atomic E-state index is 0.140. The van der Waals surface area contributed by atoms with E-state index in [0.29, 0.717) is 35.0 Å². The lowest BCUT2D eigenvalue weighted by molar-refractivity contribution is 0.363. The van der Waals surface area contributed by atoms with Crippen molar-refractivity contribution in [3.8, 4) is 22.3 Å². The Morgan fingerprint density at radius 1 is 0.952 bits per heavy atom. The smallest absolute Gasteiger partial charge is 0.269 e. The van der Waals surface area contributed by atoms with Crippen LogP contribution >= 0.6 is 0 Å². The highest BCUT2D eigenvalue weighted by molar-refractivity contribution is 7.90. The summed E-state index contributed by atoms with van der Waals surface area (Å²) in [6, 6.07) is 17.4. The fourth-order valence-electron chi connectivity index (χ4n) is 5.18. The van der Waals surface area contributed by atoms with Crippen LogP contribution in [0.5, 0.6) is 0 Å². The number of rotatable bonds is 8. The minimum Gasteiger partial charge on any atom is -0.298 e. The zero-order chi connectivity index (χ0) is 29.4. The Hall–Kier alpha value is -4.73. The number of likely N-dealkylation sites (N-methyl/N-ethyl adjacent to an activating group) is 1. The molecule has 0 radical (unpaired) electrons. The van der Waals surface area contributed by atoms with E-state index in [1.54, 1.807) is 49.1 Å². The number of nitrogens with zero attached hydrogens (tertiary/aromatic N) is 5. The quantitative estimate of drug-likeness (QED) is 0.189. The van der Waals surface area contributed by atoms with Crippen molar-refractivity contribution < 1.29 is 12.8 Å². The molecular weight excluding hydrogens is 549 g/mol. The van der Waals surface area contributed by atoms with Gasteiger partial charge in [0, 0.05) is 66.0 Å². The monoisotopic (exact) mass is 577 g/mol. The van der Waals surface area contributed by atoms with Gasteiger partial charge in [0.15, 0.2) is 5.65 Å². The molecule has 0 aliphatic rings. The lowest BCUT2D eigenvalue weighted by atomic mass is 9.97. The van der Waals surface area contributed by atoms with E-state index in [1.165, 1.54) is 16.2 Å². The highest BCUT2D eigenvalue weighted by atomic mass is 32.2. The number of halogens is 1. The molecule has 2 aromatic carbocycles. The van der Waals surface area contributed by atoms with Crippen molar-refractivity contribution in [2.45, 2.75) is 18.4 Å². The number of benzene rings is 2. The van der Waals surface area contributed by atoms with E-state index >= 15 is 4.39 Å². The van der Waals surface area contributed by atoms with Crippen LogP contribution in [0.25, 0.3) is 44.2 Å². The summed E-state index contributed by atoms with van der Waals surface area (Å²) in [5.41, 5.74) is 4.97. The van der Waals surface area contributed by atoms with Gasteiger partial charge in [-0.05, 0) is 73.1 Å². The zero-order valence-electron chi connectivity index (χ0n) is 23.2. The van der Waals surface area contributed by atoms with Crippen molar-refractivity contribution in [3.63, 3.8) is 0 Å². The third-order valence-corrected chi connectivity index (χ3v) is 8.89. The molecule has 42 heavy (non-hydrogen) atoms. The van der Waals surface area contributed by atoms with Crippen LogP contribution in [0.1, 0.15) is 11.1 Å². The molecule has 0 saturated carbocycles. The lowest BCUT2D eigenvalue weighted by Crippen LogP contribution is -2.17. The SMILES string of the molecule is C=CCN(C)Cc1cnc2c(c1)c(-c1cc(F)c3nccc(-c4cccnc4)c3c1)cn2S(=O)(=O)c1ccc(C)cc1. The first-order valence-corrected chi connectivity index (χ1v) is 14.8. The van der Waals surface area contributed by atoms with E-state index in [0.717, 1.165) is 22.3 Å². The Bertz CT molecular complexity index is 2060. The number of aromatic nitrogens is 4. The molecular formula is C33H28FN5O2S. The first-order valence-electron chi connectivity index (χ1n) is 13.4. The molecule has 0 aliphatic heterocycles. The van der Waals surface area contributed by atoms with Gasteiger partial charge in [-0.15, -0.1) is 6.58 Å². The molecule has 0 aliphatic carbocycles. The maximum atomic E-state index is 15.7. The average molecular weight is 578 g/mol. The molecule has 0 amide bonds. The third kappa shape index (κ3) is 4.97. The average Bonchev–Trinajstić information content (AvgIpc) is 3.37. The van der Waals surface area contributed by atoms with E-state index in [1.807, 2.05) is 50.4 Å². The number of aryl methyl sites for hydroxylation is 1. The number of fused-ring (bicyclic) bond motifs is 2. The molecule has 7 nitrogen and oxygen atoms in total. The Morgan fingerprint density at radius 2 is 1.76 bits per heavy atom. The van der Waals surface area contributed by atoms with Crippen LogP contribution in [0.15, 0.2) is 109 Å². The number of pyridine rings is 3. The van der Waals surface area contributed by atoms with E-state index in [9.17, 15) is 8.42 Å². The van der Waals surface area contributed by atoms with Crippen LogP contribution in [-0.4, -0.2) is 45.8 Å². The van der Waals surface area contributed by atoms with E-state index in [-0.39, 0.29) is 16.1 Å². The van der Waals surface area contributed by atoms with Gasteiger partial charge >= 0.3 is 0 Å². The molecule has 4 heterocycles. The van der Waals surface area contributed by atoms with Crippen LogP contribution in [-0.2, 0) is 16.6 Å². The van der Waals surface area contributed by atoms with Gasteiger partial charge in [-0.25, -0.2) is 21.8 Å². The molecule has 0 saturated heterocycles. The van der Waals surface area contributed by atoms with Crippen molar-refractivity contribution in [2.75, 3.05) is 13.6 Å². The second kappa shape index (κ2) is 10.9. The van der Waals surface area contributed by atoms with Gasteiger partial charge in [-0.2, -0.15) is 0 Å². The minimum atomic E-state index is -4.00. The highest BCUT2D eigenvalue weighted by Crippen LogP contribution is 2.37. The summed E-state index contributed by atoms with van der Waals surface area (Å²) in [6.07, 6.45) is 9.99. The maximum Gasteiger partial charge on any atom is 0.269 e. The molecule has 4 aromatic heterocycles. The van der Waals surface area contributed by atoms with Crippen molar-refractivity contribution in [3.05, 3.63) is 121 Å². The fraction of sp³-hybridized carbons (Fsp3) is 0.121. The summed E-state index contributed by atoms with van der Waals surface area (Å²) in [5.74, 6) is -0.509. The second-order valence-corrected chi connectivity index (χ2v) is 12.1. The van der Waals surface area contributed by atoms with Gasteiger partial charge in [0.1, 0.15) is 11.3 Å². The summed E-state index contributed by atoms with van der Waals surface area (Å²) < 4.78 is 44.6. The van der Waals surface area contributed by atoms with E-state index in [4.69, 9.17) is 0 Å². The zero-order valence-corrected chi connectivity index (χ0v) is 24.0. The molecule has 6 aromatic rings. The molecule has 0 N–H and O–H groups in total. The summed E-state index contributed by atoms with van der Waals surface area (Å²) >= 11 is 0. The first-order chi connectivity index (χ1) is 20.3. The van der Waals surface area contributed by atoms with Crippen molar-refractivity contribution in [1.29, 1.82) is 0 Å². The Morgan fingerprint density at radius 3 is 2.50 bits per heavy atom. The van der Waals surface area contributed by atoms with Crippen molar-refractivity contribution in [2.24, 2.45) is 0 Å². The summed E-state index contributed by atoms with van der Waals surface area (Å²) in [4.78, 5) is 15.3. The molecule has 210 valence electrons. The maximum absolute atomic E-state index is 15.7. The van der Waals surface area contributed by atoms with Crippen LogP contribution in [0.3, 0.4) is 0 Å². The normalized spacial score (nSPS) is 11.9. The van der Waals surface area contributed by atoms with Crippen molar-refractivity contribution in [1.82, 2.24) is 23.8 Å². The Kier molecular flexibility index (Phi) is 7.14. The van der Waals surface area contributed by atoms with E-state index in [2.05, 4.69) is 26.4 Å². The largest absolute Gasteiger partial charge is 0.298 e. The molecule has 0 unspecified atom stereocenters. The van der Waals surface area contributed by atoms with Crippen LogP contribution in [0.4, 0.5) is 4.39 Å². The van der Waals surface area contributed by atoms with Gasteiger partial charge in [0.2, 0.25) is 0 Å².